The Balaban J connectivity index is 1.69. The van der Waals surface area contributed by atoms with Crippen molar-refractivity contribution in [2.45, 2.75) is 78.7 Å². The van der Waals surface area contributed by atoms with Gasteiger partial charge in [0.25, 0.3) is 0 Å². The largest absolute Gasteiger partial charge is 0.252 e. The molecular weight excluding hydrogens is 246 g/mol. The van der Waals surface area contributed by atoms with Crippen molar-refractivity contribution in [3.05, 3.63) is 11.9 Å². The molecule has 1 aliphatic carbocycles. The molecule has 2 rings (SSSR count). The third-order valence-electron chi connectivity index (χ3n) is 4.63. The van der Waals surface area contributed by atoms with Gasteiger partial charge in [0.15, 0.2) is 0 Å². The summed E-state index contributed by atoms with van der Waals surface area (Å²) in [6.07, 6.45) is 13.0. The van der Waals surface area contributed by atoms with Gasteiger partial charge in [-0.3, -0.25) is 4.68 Å². The molecule has 0 radical (unpaired) electrons. The second-order valence-electron chi connectivity index (χ2n) is 7.04. The Kier molecular flexibility index (Phi) is 6.06. The topological polar surface area (TPSA) is 30.7 Å². The molecule has 0 amide bonds. The second kappa shape index (κ2) is 7.80. The highest BCUT2D eigenvalue weighted by Crippen LogP contribution is 2.33. The van der Waals surface area contributed by atoms with Crippen molar-refractivity contribution in [1.82, 2.24) is 15.0 Å². The summed E-state index contributed by atoms with van der Waals surface area (Å²) in [7, 11) is 0. The Bertz CT molecular complexity index is 375. The number of hydrogen-bond acceptors (Lipinski definition) is 2. The van der Waals surface area contributed by atoms with Crippen LogP contribution < -0.4 is 0 Å². The monoisotopic (exact) mass is 277 g/mol. The summed E-state index contributed by atoms with van der Waals surface area (Å²) < 4.78 is 2.05. The van der Waals surface area contributed by atoms with E-state index < -0.39 is 0 Å². The van der Waals surface area contributed by atoms with Crippen molar-refractivity contribution in [1.29, 1.82) is 0 Å². The van der Waals surface area contributed by atoms with Gasteiger partial charge in [-0.15, -0.1) is 5.10 Å². The van der Waals surface area contributed by atoms with Crippen molar-refractivity contribution in [3.63, 3.8) is 0 Å². The average Bonchev–Trinajstić information content (AvgIpc) is 2.85. The number of hydrogen-bond donors (Lipinski definition) is 0. The van der Waals surface area contributed by atoms with Gasteiger partial charge < -0.3 is 0 Å². The van der Waals surface area contributed by atoms with E-state index in [9.17, 15) is 0 Å². The van der Waals surface area contributed by atoms with Crippen LogP contribution in [0.4, 0.5) is 0 Å². The molecule has 0 spiro atoms. The van der Waals surface area contributed by atoms with Crippen molar-refractivity contribution in [3.8, 4) is 0 Å². The van der Waals surface area contributed by atoms with Crippen LogP contribution in [0.2, 0.25) is 0 Å². The summed E-state index contributed by atoms with van der Waals surface area (Å²) >= 11 is 0. The minimum Gasteiger partial charge on any atom is -0.252 e. The van der Waals surface area contributed by atoms with E-state index in [0.717, 1.165) is 30.5 Å². The lowest BCUT2D eigenvalue weighted by Gasteiger charge is -2.28. The molecule has 3 nitrogen and oxygen atoms in total. The zero-order valence-corrected chi connectivity index (χ0v) is 13.5. The molecule has 20 heavy (non-hydrogen) atoms. The van der Waals surface area contributed by atoms with Gasteiger partial charge in [-0.1, -0.05) is 64.5 Å². The number of aromatic nitrogens is 3. The first-order valence-electron chi connectivity index (χ1n) is 8.56. The molecule has 3 heteroatoms. The minimum absolute atomic E-state index is 0.661. The van der Waals surface area contributed by atoms with Crippen LogP contribution in [0.5, 0.6) is 0 Å². The van der Waals surface area contributed by atoms with Crippen LogP contribution in [0.1, 0.15) is 71.4 Å². The molecule has 0 N–H and O–H groups in total. The minimum atomic E-state index is 0.661. The maximum Gasteiger partial charge on any atom is 0.0829 e. The van der Waals surface area contributed by atoms with Crippen LogP contribution in [0.25, 0.3) is 0 Å². The summed E-state index contributed by atoms with van der Waals surface area (Å²) in [6, 6.07) is 0. The van der Waals surface area contributed by atoms with E-state index in [0.29, 0.717) is 5.92 Å². The van der Waals surface area contributed by atoms with Gasteiger partial charge in [0.2, 0.25) is 0 Å². The highest BCUT2D eigenvalue weighted by Gasteiger charge is 2.20. The highest BCUT2D eigenvalue weighted by molar-refractivity contribution is 4.93. The lowest BCUT2D eigenvalue weighted by molar-refractivity contribution is 0.243. The van der Waals surface area contributed by atoms with Gasteiger partial charge in [-0.2, -0.15) is 0 Å². The Hall–Kier alpha value is -0.860. The molecule has 0 saturated heterocycles. The van der Waals surface area contributed by atoms with Crippen molar-refractivity contribution in [2.75, 3.05) is 0 Å². The maximum atomic E-state index is 4.27. The summed E-state index contributed by atoms with van der Waals surface area (Å²) in [5, 5.41) is 8.53. The van der Waals surface area contributed by atoms with Crippen LogP contribution in [0.3, 0.4) is 0 Å². The van der Waals surface area contributed by atoms with Gasteiger partial charge in [0, 0.05) is 12.7 Å². The number of nitrogens with zero attached hydrogens (tertiary/aromatic N) is 3. The molecule has 1 aliphatic rings. The first kappa shape index (κ1) is 15.5. The molecule has 0 atom stereocenters. The Morgan fingerprint density at radius 2 is 1.80 bits per heavy atom. The first-order chi connectivity index (χ1) is 9.67. The molecule has 1 saturated carbocycles. The summed E-state index contributed by atoms with van der Waals surface area (Å²) in [5.74, 6) is 2.59. The maximum absolute atomic E-state index is 4.27. The van der Waals surface area contributed by atoms with Crippen molar-refractivity contribution in [2.24, 2.45) is 17.8 Å². The molecular formula is C17H31N3. The van der Waals surface area contributed by atoms with Crippen LogP contribution in [0.15, 0.2) is 6.20 Å². The standard InChI is InChI=1S/C17H31N3/c1-4-5-15-6-8-16(9-7-15)10-11-20-13-17(18-19-20)12-14(2)3/h13-16H,4-12H2,1-3H3. The normalized spacial score (nSPS) is 23.4. The molecule has 1 aromatic heterocycles. The van der Waals surface area contributed by atoms with Gasteiger partial charge in [0.1, 0.15) is 0 Å². The molecule has 1 aromatic rings. The summed E-state index contributed by atoms with van der Waals surface area (Å²) in [6.45, 7) is 7.82. The molecule has 1 fully saturated rings. The van der Waals surface area contributed by atoms with Crippen LogP contribution in [-0.2, 0) is 13.0 Å². The van der Waals surface area contributed by atoms with E-state index in [4.69, 9.17) is 0 Å². The fraction of sp³-hybridized carbons (Fsp3) is 0.882. The van der Waals surface area contributed by atoms with Crippen LogP contribution in [-0.4, -0.2) is 15.0 Å². The van der Waals surface area contributed by atoms with Crippen LogP contribution in [0, 0.1) is 17.8 Å². The Morgan fingerprint density at radius 1 is 1.15 bits per heavy atom. The molecule has 0 bridgehead atoms. The van der Waals surface area contributed by atoms with Gasteiger partial charge in [-0.05, 0) is 30.6 Å². The van der Waals surface area contributed by atoms with Gasteiger partial charge in [-0.25, -0.2) is 0 Å². The molecule has 0 aromatic carbocycles. The molecule has 114 valence electrons. The fourth-order valence-electron chi connectivity index (χ4n) is 3.49. The van der Waals surface area contributed by atoms with Gasteiger partial charge >= 0.3 is 0 Å². The highest BCUT2D eigenvalue weighted by atomic mass is 15.4. The average molecular weight is 277 g/mol. The zero-order valence-electron chi connectivity index (χ0n) is 13.5. The van der Waals surface area contributed by atoms with E-state index in [-0.39, 0.29) is 0 Å². The van der Waals surface area contributed by atoms with Gasteiger partial charge in [0.05, 0.1) is 5.69 Å². The molecule has 0 aliphatic heterocycles. The second-order valence-corrected chi connectivity index (χ2v) is 7.04. The molecule has 1 heterocycles. The fourth-order valence-corrected chi connectivity index (χ4v) is 3.49. The predicted molar refractivity (Wildman–Crippen MR) is 83.5 cm³/mol. The summed E-state index contributed by atoms with van der Waals surface area (Å²) in [4.78, 5) is 0. The SMILES string of the molecule is CCCC1CCC(CCn2cc(CC(C)C)nn2)CC1. The van der Waals surface area contributed by atoms with Crippen molar-refractivity contribution >= 4 is 0 Å². The van der Waals surface area contributed by atoms with E-state index in [1.807, 2.05) is 0 Å². The lowest BCUT2D eigenvalue weighted by Crippen LogP contribution is -2.16. The first-order valence-corrected chi connectivity index (χ1v) is 8.56. The smallest absolute Gasteiger partial charge is 0.0829 e. The summed E-state index contributed by atoms with van der Waals surface area (Å²) in [5.41, 5.74) is 1.15. The van der Waals surface area contributed by atoms with Crippen LogP contribution >= 0.6 is 0 Å². The zero-order chi connectivity index (χ0) is 14.4. The third-order valence-corrected chi connectivity index (χ3v) is 4.63. The Labute approximate surface area is 124 Å². The molecule has 0 unspecified atom stereocenters. The van der Waals surface area contributed by atoms with E-state index >= 15 is 0 Å². The van der Waals surface area contributed by atoms with E-state index in [1.54, 1.807) is 0 Å². The predicted octanol–water partition coefficient (Wildman–Crippen LogP) is 4.47. The van der Waals surface area contributed by atoms with Crippen molar-refractivity contribution < 1.29 is 0 Å². The number of rotatable bonds is 7. The Morgan fingerprint density at radius 3 is 2.40 bits per heavy atom. The lowest BCUT2D eigenvalue weighted by atomic mass is 9.79. The number of aryl methyl sites for hydroxylation is 1. The van der Waals surface area contributed by atoms with E-state index in [1.165, 1.54) is 44.9 Å². The third kappa shape index (κ3) is 4.92. The van der Waals surface area contributed by atoms with E-state index in [2.05, 4.69) is 42.0 Å². The quantitative estimate of drug-likeness (QED) is 0.736.